The molecule has 0 heterocycles. The van der Waals surface area contributed by atoms with Crippen molar-refractivity contribution in [2.45, 2.75) is 25.8 Å². The molecule has 1 atom stereocenters. The maximum atomic E-state index is 13.3. The van der Waals surface area contributed by atoms with E-state index in [9.17, 15) is 9.18 Å². The van der Waals surface area contributed by atoms with E-state index in [4.69, 9.17) is 5.73 Å². The number of carbonyl (C=O) groups is 1. The third-order valence-corrected chi connectivity index (χ3v) is 2.53. The highest BCUT2D eigenvalue weighted by molar-refractivity contribution is 9.10. The van der Waals surface area contributed by atoms with Gasteiger partial charge in [0.25, 0.3) is 0 Å². The van der Waals surface area contributed by atoms with E-state index in [1.807, 2.05) is 6.92 Å². The van der Waals surface area contributed by atoms with Gasteiger partial charge < -0.3 is 11.1 Å². The van der Waals surface area contributed by atoms with E-state index in [2.05, 4.69) is 21.2 Å². The van der Waals surface area contributed by atoms with Gasteiger partial charge in [-0.05, 0) is 31.5 Å². The minimum absolute atomic E-state index is 0. The Morgan fingerprint density at radius 3 is 2.76 bits per heavy atom. The topological polar surface area (TPSA) is 55.1 Å². The monoisotopic (exact) mass is 324 g/mol. The standard InChI is InChI=1S/C11H14BrFN2O.ClH/c1-7(14)2-5-11(16)15-10-4-3-8(12)6-9(10)13;/h3-4,6-7H,2,5,14H2,1H3,(H,15,16);1H. The Balaban J connectivity index is 0.00000256. The molecule has 96 valence electrons. The van der Waals surface area contributed by atoms with Gasteiger partial charge in [0.05, 0.1) is 5.69 Å². The van der Waals surface area contributed by atoms with E-state index < -0.39 is 5.82 Å². The molecule has 0 aliphatic rings. The molecular formula is C11H15BrClFN2O. The van der Waals surface area contributed by atoms with Crippen LogP contribution in [-0.4, -0.2) is 11.9 Å². The van der Waals surface area contributed by atoms with Crippen molar-refractivity contribution >= 4 is 39.9 Å². The summed E-state index contributed by atoms with van der Waals surface area (Å²) in [6.45, 7) is 1.83. The zero-order valence-corrected chi connectivity index (χ0v) is 11.8. The molecule has 6 heteroatoms. The van der Waals surface area contributed by atoms with Crippen LogP contribution in [0.5, 0.6) is 0 Å². The van der Waals surface area contributed by atoms with Gasteiger partial charge in [0, 0.05) is 16.9 Å². The molecule has 0 fully saturated rings. The molecule has 0 radical (unpaired) electrons. The van der Waals surface area contributed by atoms with E-state index in [0.717, 1.165) is 0 Å². The highest BCUT2D eigenvalue weighted by Crippen LogP contribution is 2.19. The second-order valence-corrected chi connectivity index (χ2v) is 4.60. The van der Waals surface area contributed by atoms with E-state index >= 15 is 0 Å². The number of amides is 1. The Bertz CT molecular complexity index is 388. The zero-order chi connectivity index (χ0) is 12.1. The van der Waals surface area contributed by atoms with Gasteiger partial charge >= 0.3 is 0 Å². The van der Waals surface area contributed by atoms with Crippen molar-refractivity contribution in [3.05, 3.63) is 28.5 Å². The third kappa shape index (κ3) is 6.00. The van der Waals surface area contributed by atoms with Crippen molar-refractivity contribution < 1.29 is 9.18 Å². The predicted molar refractivity (Wildman–Crippen MR) is 72.9 cm³/mol. The summed E-state index contributed by atoms with van der Waals surface area (Å²) in [5.74, 6) is -0.679. The predicted octanol–water partition coefficient (Wildman–Crippen LogP) is 3.08. The lowest BCUT2D eigenvalue weighted by molar-refractivity contribution is -0.116. The van der Waals surface area contributed by atoms with E-state index in [1.165, 1.54) is 12.1 Å². The summed E-state index contributed by atoms with van der Waals surface area (Å²) in [4.78, 5) is 11.4. The molecule has 0 aromatic heterocycles. The van der Waals surface area contributed by atoms with Crippen molar-refractivity contribution in [2.75, 3.05) is 5.32 Å². The molecule has 0 bridgehead atoms. The van der Waals surface area contributed by atoms with Gasteiger partial charge in [-0.25, -0.2) is 4.39 Å². The molecule has 0 saturated carbocycles. The highest BCUT2D eigenvalue weighted by Gasteiger charge is 2.07. The van der Waals surface area contributed by atoms with Crippen LogP contribution >= 0.6 is 28.3 Å². The second-order valence-electron chi connectivity index (χ2n) is 3.69. The van der Waals surface area contributed by atoms with Crippen molar-refractivity contribution in [1.29, 1.82) is 0 Å². The van der Waals surface area contributed by atoms with Crippen LogP contribution < -0.4 is 11.1 Å². The molecule has 0 saturated heterocycles. The number of carbonyl (C=O) groups excluding carboxylic acids is 1. The fraction of sp³-hybridized carbons (Fsp3) is 0.364. The number of anilines is 1. The van der Waals surface area contributed by atoms with Gasteiger partial charge in [0.1, 0.15) is 5.82 Å². The van der Waals surface area contributed by atoms with Gasteiger partial charge in [-0.3, -0.25) is 4.79 Å². The summed E-state index contributed by atoms with van der Waals surface area (Å²) in [5, 5.41) is 2.50. The molecule has 3 nitrogen and oxygen atoms in total. The number of halogens is 3. The first kappa shape index (κ1) is 16.4. The summed E-state index contributed by atoms with van der Waals surface area (Å²) >= 11 is 3.14. The number of hydrogen-bond acceptors (Lipinski definition) is 2. The van der Waals surface area contributed by atoms with Crippen LogP contribution in [0.4, 0.5) is 10.1 Å². The smallest absolute Gasteiger partial charge is 0.224 e. The molecule has 0 spiro atoms. The fourth-order valence-electron chi connectivity index (χ4n) is 1.16. The number of hydrogen-bond donors (Lipinski definition) is 2. The van der Waals surface area contributed by atoms with Gasteiger partial charge in [-0.2, -0.15) is 0 Å². The van der Waals surface area contributed by atoms with Crippen LogP contribution in [0.25, 0.3) is 0 Å². The molecule has 0 aliphatic heterocycles. The molecule has 1 amide bonds. The summed E-state index contributed by atoms with van der Waals surface area (Å²) in [6, 6.07) is 4.47. The Hall–Kier alpha value is -0.650. The first-order valence-electron chi connectivity index (χ1n) is 4.99. The van der Waals surface area contributed by atoms with Crippen molar-refractivity contribution in [3.8, 4) is 0 Å². The largest absolute Gasteiger partial charge is 0.328 e. The van der Waals surface area contributed by atoms with E-state index in [1.54, 1.807) is 6.07 Å². The van der Waals surface area contributed by atoms with Crippen molar-refractivity contribution in [2.24, 2.45) is 5.73 Å². The summed E-state index contributed by atoms with van der Waals surface area (Å²) in [5.41, 5.74) is 5.72. The summed E-state index contributed by atoms with van der Waals surface area (Å²) in [6.07, 6.45) is 0.886. The molecule has 1 unspecified atom stereocenters. The summed E-state index contributed by atoms with van der Waals surface area (Å²) in [7, 11) is 0. The maximum absolute atomic E-state index is 13.3. The Labute approximate surface area is 114 Å². The SMILES string of the molecule is CC(N)CCC(=O)Nc1ccc(Br)cc1F.Cl. The van der Waals surface area contributed by atoms with Crippen LogP contribution in [0.1, 0.15) is 19.8 Å². The van der Waals surface area contributed by atoms with Crippen LogP contribution in [0, 0.1) is 5.82 Å². The van der Waals surface area contributed by atoms with Crippen molar-refractivity contribution in [3.63, 3.8) is 0 Å². The Kier molecular flexibility index (Phi) is 7.34. The number of rotatable bonds is 4. The lowest BCUT2D eigenvalue weighted by Crippen LogP contribution is -2.19. The summed E-state index contributed by atoms with van der Waals surface area (Å²) < 4.78 is 14.0. The highest BCUT2D eigenvalue weighted by atomic mass is 79.9. The molecule has 3 N–H and O–H groups in total. The first-order valence-corrected chi connectivity index (χ1v) is 5.79. The zero-order valence-electron chi connectivity index (χ0n) is 9.37. The van der Waals surface area contributed by atoms with Gasteiger partial charge in [0.15, 0.2) is 0 Å². The quantitative estimate of drug-likeness (QED) is 0.894. The first-order chi connectivity index (χ1) is 7.49. The number of nitrogens with two attached hydrogens (primary N) is 1. The molecule has 1 aromatic carbocycles. The molecule has 17 heavy (non-hydrogen) atoms. The molecular weight excluding hydrogens is 310 g/mol. The van der Waals surface area contributed by atoms with Crippen LogP contribution in [0.2, 0.25) is 0 Å². The Morgan fingerprint density at radius 2 is 2.24 bits per heavy atom. The second kappa shape index (κ2) is 7.63. The normalized spacial score (nSPS) is 11.5. The number of benzene rings is 1. The van der Waals surface area contributed by atoms with Gasteiger partial charge in [-0.1, -0.05) is 15.9 Å². The lowest BCUT2D eigenvalue weighted by Gasteiger charge is -2.07. The number of nitrogens with one attached hydrogen (secondary N) is 1. The average molecular weight is 326 g/mol. The minimum Gasteiger partial charge on any atom is -0.328 e. The van der Waals surface area contributed by atoms with Crippen molar-refractivity contribution in [1.82, 2.24) is 0 Å². The van der Waals surface area contributed by atoms with Gasteiger partial charge in [0.2, 0.25) is 5.91 Å². The fourth-order valence-corrected chi connectivity index (χ4v) is 1.50. The van der Waals surface area contributed by atoms with E-state index in [0.29, 0.717) is 17.3 Å². The average Bonchev–Trinajstić information content (AvgIpc) is 2.19. The lowest BCUT2D eigenvalue weighted by atomic mass is 10.2. The molecule has 0 aliphatic carbocycles. The third-order valence-electron chi connectivity index (χ3n) is 2.03. The van der Waals surface area contributed by atoms with Gasteiger partial charge in [-0.15, -0.1) is 12.4 Å². The maximum Gasteiger partial charge on any atom is 0.224 e. The van der Waals surface area contributed by atoms with Crippen LogP contribution in [0.15, 0.2) is 22.7 Å². The molecule has 1 aromatic rings. The Morgan fingerprint density at radius 1 is 1.59 bits per heavy atom. The minimum atomic E-state index is -0.455. The van der Waals surface area contributed by atoms with E-state index in [-0.39, 0.29) is 30.0 Å². The van der Waals surface area contributed by atoms with Crippen LogP contribution in [0.3, 0.4) is 0 Å². The van der Waals surface area contributed by atoms with Crippen LogP contribution in [-0.2, 0) is 4.79 Å². The molecule has 1 rings (SSSR count).